The molecule has 0 spiro atoms. The van der Waals surface area contributed by atoms with Gasteiger partial charge in [0, 0.05) is 16.7 Å². The number of nitrogens with one attached hydrogen (secondary N) is 1. The molecule has 0 saturated carbocycles. The number of methoxy groups -OCH3 is 1. The number of carbonyl (C=O) groups is 1. The highest BCUT2D eigenvalue weighted by Gasteiger charge is 2.12. The van der Waals surface area contributed by atoms with Crippen molar-refractivity contribution in [3.8, 4) is 11.5 Å². The molecular weight excluding hydrogens is 374 g/mol. The SMILES string of the molecule is CCOc1cc(Br)c(CNc2cccc(C(=O)O)c2C)cc1OC. The van der Waals surface area contributed by atoms with Crippen LogP contribution in [0.15, 0.2) is 34.8 Å². The highest BCUT2D eigenvalue weighted by atomic mass is 79.9. The number of hydrogen-bond acceptors (Lipinski definition) is 4. The first-order valence-electron chi connectivity index (χ1n) is 7.53. The number of ether oxygens (including phenoxy) is 2. The molecule has 0 aliphatic rings. The van der Waals surface area contributed by atoms with E-state index in [2.05, 4.69) is 21.2 Å². The third-order valence-corrected chi connectivity index (χ3v) is 4.40. The molecule has 0 radical (unpaired) electrons. The van der Waals surface area contributed by atoms with Crippen LogP contribution in [0.1, 0.15) is 28.4 Å². The predicted octanol–water partition coefficient (Wildman–Crippen LogP) is 4.48. The Hall–Kier alpha value is -2.21. The monoisotopic (exact) mass is 393 g/mol. The van der Waals surface area contributed by atoms with Crippen LogP contribution in [-0.4, -0.2) is 24.8 Å². The second-order valence-corrected chi connectivity index (χ2v) is 6.02. The van der Waals surface area contributed by atoms with Crippen molar-refractivity contribution in [3.05, 3.63) is 51.5 Å². The lowest BCUT2D eigenvalue weighted by atomic mass is 10.1. The Morgan fingerprint density at radius 1 is 1.29 bits per heavy atom. The fraction of sp³-hybridized carbons (Fsp3) is 0.278. The number of anilines is 1. The van der Waals surface area contributed by atoms with E-state index < -0.39 is 5.97 Å². The van der Waals surface area contributed by atoms with Gasteiger partial charge in [-0.2, -0.15) is 0 Å². The maximum atomic E-state index is 11.2. The molecule has 0 atom stereocenters. The van der Waals surface area contributed by atoms with Crippen molar-refractivity contribution in [1.82, 2.24) is 0 Å². The van der Waals surface area contributed by atoms with E-state index in [4.69, 9.17) is 9.47 Å². The van der Waals surface area contributed by atoms with Gasteiger partial charge >= 0.3 is 5.97 Å². The van der Waals surface area contributed by atoms with Gasteiger partial charge in [0.15, 0.2) is 11.5 Å². The summed E-state index contributed by atoms with van der Waals surface area (Å²) in [5.41, 5.74) is 2.77. The summed E-state index contributed by atoms with van der Waals surface area (Å²) in [4.78, 5) is 11.2. The van der Waals surface area contributed by atoms with Crippen LogP contribution in [0.2, 0.25) is 0 Å². The van der Waals surface area contributed by atoms with E-state index in [0.29, 0.717) is 35.8 Å². The van der Waals surface area contributed by atoms with Crippen LogP contribution in [0, 0.1) is 6.92 Å². The minimum absolute atomic E-state index is 0.295. The average molecular weight is 394 g/mol. The van der Waals surface area contributed by atoms with Crippen molar-refractivity contribution in [2.24, 2.45) is 0 Å². The zero-order valence-electron chi connectivity index (χ0n) is 13.9. The summed E-state index contributed by atoms with van der Waals surface area (Å²) in [6.07, 6.45) is 0. The van der Waals surface area contributed by atoms with Crippen LogP contribution in [0.4, 0.5) is 5.69 Å². The van der Waals surface area contributed by atoms with Crippen LogP contribution < -0.4 is 14.8 Å². The van der Waals surface area contributed by atoms with Gasteiger partial charge in [-0.1, -0.05) is 22.0 Å². The van der Waals surface area contributed by atoms with Gasteiger partial charge in [-0.15, -0.1) is 0 Å². The van der Waals surface area contributed by atoms with Crippen molar-refractivity contribution in [2.75, 3.05) is 19.0 Å². The van der Waals surface area contributed by atoms with Crippen LogP contribution in [0.3, 0.4) is 0 Å². The molecular formula is C18H20BrNO4. The maximum Gasteiger partial charge on any atom is 0.336 e. The number of benzene rings is 2. The largest absolute Gasteiger partial charge is 0.493 e. The van der Waals surface area contributed by atoms with E-state index >= 15 is 0 Å². The number of rotatable bonds is 7. The second-order valence-electron chi connectivity index (χ2n) is 5.16. The minimum atomic E-state index is -0.930. The maximum absolute atomic E-state index is 11.2. The van der Waals surface area contributed by atoms with Crippen LogP contribution in [-0.2, 0) is 6.54 Å². The molecule has 5 nitrogen and oxygen atoms in total. The number of hydrogen-bond donors (Lipinski definition) is 2. The van der Waals surface area contributed by atoms with E-state index in [-0.39, 0.29) is 0 Å². The van der Waals surface area contributed by atoms with Crippen molar-refractivity contribution < 1.29 is 19.4 Å². The summed E-state index contributed by atoms with van der Waals surface area (Å²) in [5.74, 6) is 0.410. The lowest BCUT2D eigenvalue weighted by molar-refractivity contribution is 0.0696. The molecule has 2 N–H and O–H groups in total. The normalized spacial score (nSPS) is 10.3. The number of carboxylic acids is 1. The summed E-state index contributed by atoms with van der Waals surface area (Å²) < 4.78 is 11.8. The summed E-state index contributed by atoms with van der Waals surface area (Å²) in [5, 5.41) is 12.5. The Kier molecular flexibility index (Phi) is 6.09. The zero-order chi connectivity index (χ0) is 17.7. The molecule has 6 heteroatoms. The summed E-state index contributed by atoms with van der Waals surface area (Å²) in [6.45, 7) is 4.79. The van der Waals surface area contributed by atoms with Gasteiger partial charge in [-0.05, 0) is 49.2 Å². The first-order chi connectivity index (χ1) is 11.5. The molecule has 0 aliphatic carbocycles. The Labute approximate surface area is 149 Å². The third-order valence-electron chi connectivity index (χ3n) is 3.67. The van der Waals surface area contributed by atoms with E-state index in [9.17, 15) is 9.90 Å². The van der Waals surface area contributed by atoms with Gasteiger partial charge in [-0.3, -0.25) is 0 Å². The summed E-state index contributed by atoms with van der Waals surface area (Å²) in [7, 11) is 1.60. The molecule has 24 heavy (non-hydrogen) atoms. The fourth-order valence-electron chi connectivity index (χ4n) is 2.39. The number of carboxylic acid groups (broad SMARTS) is 1. The molecule has 0 heterocycles. The van der Waals surface area contributed by atoms with Gasteiger partial charge in [0.1, 0.15) is 0 Å². The molecule has 0 unspecified atom stereocenters. The van der Waals surface area contributed by atoms with E-state index in [1.54, 1.807) is 26.2 Å². The topological polar surface area (TPSA) is 67.8 Å². The fourth-order valence-corrected chi connectivity index (χ4v) is 2.85. The molecule has 2 rings (SSSR count). The molecule has 128 valence electrons. The minimum Gasteiger partial charge on any atom is -0.493 e. The van der Waals surface area contributed by atoms with Crippen molar-refractivity contribution in [2.45, 2.75) is 20.4 Å². The Morgan fingerprint density at radius 2 is 2.04 bits per heavy atom. The molecule has 0 aliphatic heterocycles. The highest BCUT2D eigenvalue weighted by Crippen LogP contribution is 2.34. The lowest BCUT2D eigenvalue weighted by Crippen LogP contribution is -2.06. The number of aromatic carboxylic acids is 1. The van der Waals surface area contributed by atoms with E-state index in [0.717, 1.165) is 15.7 Å². The van der Waals surface area contributed by atoms with E-state index in [1.807, 2.05) is 25.1 Å². The standard InChI is InChI=1S/C18H20BrNO4/c1-4-24-17-9-14(19)12(8-16(17)23-3)10-20-15-7-5-6-13(11(15)2)18(21)22/h5-9,20H,4,10H2,1-3H3,(H,21,22). The predicted molar refractivity (Wildman–Crippen MR) is 97.3 cm³/mol. The smallest absolute Gasteiger partial charge is 0.336 e. The van der Waals surface area contributed by atoms with Crippen molar-refractivity contribution in [3.63, 3.8) is 0 Å². The first-order valence-corrected chi connectivity index (χ1v) is 8.33. The number of halogens is 1. The Morgan fingerprint density at radius 3 is 2.67 bits per heavy atom. The van der Waals surface area contributed by atoms with Crippen LogP contribution in [0.25, 0.3) is 0 Å². The molecule has 0 amide bonds. The van der Waals surface area contributed by atoms with Gasteiger partial charge in [0.25, 0.3) is 0 Å². The van der Waals surface area contributed by atoms with Crippen molar-refractivity contribution in [1.29, 1.82) is 0 Å². The molecule has 0 aromatic heterocycles. The second kappa shape index (κ2) is 8.06. The molecule has 0 fully saturated rings. The quantitative estimate of drug-likeness (QED) is 0.725. The van der Waals surface area contributed by atoms with Crippen LogP contribution in [0.5, 0.6) is 11.5 Å². The summed E-state index contributed by atoms with van der Waals surface area (Å²) in [6, 6.07) is 8.96. The molecule has 0 bridgehead atoms. The van der Waals surface area contributed by atoms with Gasteiger partial charge in [-0.25, -0.2) is 4.79 Å². The van der Waals surface area contributed by atoms with Crippen LogP contribution >= 0.6 is 15.9 Å². The van der Waals surface area contributed by atoms with Gasteiger partial charge < -0.3 is 19.9 Å². The third kappa shape index (κ3) is 4.00. The van der Waals surface area contributed by atoms with E-state index in [1.165, 1.54) is 0 Å². The zero-order valence-corrected chi connectivity index (χ0v) is 15.4. The lowest BCUT2D eigenvalue weighted by Gasteiger charge is -2.15. The average Bonchev–Trinajstić information content (AvgIpc) is 2.55. The van der Waals surface area contributed by atoms with Gasteiger partial charge in [0.05, 0.1) is 19.3 Å². The Bertz CT molecular complexity index is 746. The van der Waals surface area contributed by atoms with Gasteiger partial charge in [0.2, 0.25) is 0 Å². The molecule has 0 saturated heterocycles. The molecule has 2 aromatic carbocycles. The summed E-state index contributed by atoms with van der Waals surface area (Å²) >= 11 is 3.54. The van der Waals surface area contributed by atoms with Crippen molar-refractivity contribution >= 4 is 27.6 Å². The Balaban J connectivity index is 2.24. The molecule has 2 aromatic rings. The first kappa shape index (κ1) is 18.1. The highest BCUT2D eigenvalue weighted by molar-refractivity contribution is 9.10.